The van der Waals surface area contributed by atoms with Gasteiger partial charge in [0, 0.05) is 24.2 Å². The quantitative estimate of drug-likeness (QED) is 0.432. The Morgan fingerprint density at radius 2 is 2.10 bits per heavy atom. The van der Waals surface area contributed by atoms with Crippen LogP contribution < -0.4 is 21.1 Å². The van der Waals surface area contributed by atoms with Gasteiger partial charge in [-0.3, -0.25) is 4.68 Å². The Labute approximate surface area is 182 Å². The van der Waals surface area contributed by atoms with E-state index in [1.165, 1.54) is 24.8 Å². The second-order valence-corrected chi connectivity index (χ2v) is 9.01. The molecule has 6 rings (SSSR count). The van der Waals surface area contributed by atoms with Crippen molar-refractivity contribution in [1.29, 1.82) is 0 Å². The fraction of sp³-hybridized carbons (Fsp3) is 0.522. The van der Waals surface area contributed by atoms with Crippen LogP contribution in [0.2, 0.25) is 0 Å². The molecule has 0 aliphatic heterocycles. The summed E-state index contributed by atoms with van der Waals surface area (Å²) in [7, 11) is 1.71. The Morgan fingerprint density at radius 3 is 2.81 bits per heavy atom. The molecule has 3 fully saturated rings. The zero-order valence-corrected chi connectivity index (χ0v) is 18.3. The third kappa shape index (κ3) is 3.80. The number of benzene rings is 1. The summed E-state index contributed by atoms with van der Waals surface area (Å²) in [6.07, 6.45) is 7.93. The van der Waals surface area contributed by atoms with Crippen molar-refractivity contribution >= 4 is 22.8 Å². The highest BCUT2D eigenvalue weighted by Gasteiger charge is 2.55. The first-order valence-corrected chi connectivity index (χ1v) is 11.2. The summed E-state index contributed by atoms with van der Waals surface area (Å²) >= 11 is 0. The van der Waals surface area contributed by atoms with Crippen molar-refractivity contribution in [2.24, 2.45) is 5.92 Å². The summed E-state index contributed by atoms with van der Waals surface area (Å²) in [5.74, 6) is 2.82. The molecule has 2 heterocycles. The second-order valence-electron chi connectivity index (χ2n) is 9.01. The van der Waals surface area contributed by atoms with Crippen LogP contribution in [0.1, 0.15) is 50.2 Å². The highest BCUT2D eigenvalue weighted by Crippen LogP contribution is 2.57. The maximum absolute atomic E-state index is 5.92. The van der Waals surface area contributed by atoms with Crippen molar-refractivity contribution < 1.29 is 4.74 Å². The standard InChI is InChI=1S/C23H31N7O/c1-3-4-7-25-21-20-18(28-22(24)29-21)13-27-30(20)14-17-8-15(5-6-19(17)31-2)12-26-23-9-16(10-23)11-23/h5-6,8,13,16,26H,3-4,7,9-12,14H2,1-2H3,(H3,24,25,28,29). The Kier molecular flexibility index (Phi) is 5.17. The molecule has 0 radical (unpaired) electrons. The lowest BCUT2D eigenvalue weighted by atomic mass is 9.50. The lowest BCUT2D eigenvalue weighted by Gasteiger charge is -2.62. The van der Waals surface area contributed by atoms with Crippen LogP contribution in [0.5, 0.6) is 5.75 Å². The third-order valence-electron chi connectivity index (χ3n) is 6.70. The minimum absolute atomic E-state index is 0.255. The molecular formula is C23H31N7O. The Bertz CT molecular complexity index is 1080. The SMILES string of the molecule is CCCCNc1nc(N)nc2cnn(Cc3cc(CNC45CC(C4)C5)ccc3OC)c12. The molecule has 4 N–H and O–H groups in total. The van der Waals surface area contributed by atoms with Crippen LogP contribution in [0.4, 0.5) is 11.8 Å². The van der Waals surface area contributed by atoms with Crippen molar-refractivity contribution in [3.05, 3.63) is 35.5 Å². The van der Waals surface area contributed by atoms with Crippen molar-refractivity contribution in [3.8, 4) is 5.75 Å². The van der Waals surface area contributed by atoms with Crippen LogP contribution >= 0.6 is 0 Å². The number of ether oxygens (including phenoxy) is 1. The number of unbranched alkanes of at least 4 members (excludes halogenated alkanes) is 1. The molecule has 2 aromatic heterocycles. The van der Waals surface area contributed by atoms with Crippen molar-refractivity contribution in [3.63, 3.8) is 0 Å². The smallest absolute Gasteiger partial charge is 0.222 e. The average Bonchev–Trinajstić information content (AvgIpc) is 3.08. The van der Waals surface area contributed by atoms with Gasteiger partial charge in [0.25, 0.3) is 0 Å². The zero-order valence-electron chi connectivity index (χ0n) is 18.3. The summed E-state index contributed by atoms with van der Waals surface area (Å²) in [4.78, 5) is 8.80. The number of hydrogen-bond donors (Lipinski definition) is 3. The van der Waals surface area contributed by atoms with E-state index in [4.69, 9.17) is 10.5 Å². The molecule has 164 valence electrons. The summed E-state index contributed by atoms with van der Waals surface area (Å²) in [5.41, 5.74) is 10.3. The molecule has 0 unspecified atom stereocenters. The number of hydrogen-bond acceptors (Lipinski definition) is 7. The number of nitrogens with zero attached hydrogens (tertiary/aromatic N) is 4. The average molecular weight is 422 g/mol. The number of fused-ring (bicyclic) bond motifs is 1. The molecule has 3 saturated carbocycles. The van der Waals surface area contributed by atoms with Gasteiger partial charge < -0.3 is 21.1 Å². The van der Waals surface area contributed by atoms with E-state index in [2.05, 4.69) is 50.8 Å². The molecule has 2 bridgehead atoms. The van der Waals surface area contributed by atoms with E-state index >= 15 is 0 Å². The molecule has 0 spiro atoms. The normalized spacial score (nSPS) is 21.5. The van der Waals surface area contributed by atoms with Crippen LogP contribution in [0, 0.1) is 5.92 Å². The Hall–Kier alpha value is -2.87. The number of nitrogens with one attached hydrogen (secondary N) is 2. The first-order valence-electron chi connectivity index (χ1n) is 11.2. The van der Waals surface area contributed by atoms with E-state index in [1.807, 2.05) is 4.68 Å². The van der Waals surface area contributed by atoms with Crippen molar-refractivity contribution in [2.45, 2.75) is 57.7 Å². The largest absolute Gasteiger partial charge is 0.496 e. The molecule has 3 aromatic rings. The molecule has 0 atom stereocenters. The highest BCUT2D eigenvalue weighted by atomic mass is 16.5. The van der Waals surface area contributed by atoms with Crippen LogP contribution in [0.25, 0.3) is 11.0 Å². The van der Waals surface area contributed by atoms with E-state index in [1.54, 1.807) is 13.3 Å². The predicted octanol–water partition coefficient (Wildman–Crippen LogP) is 3.32. The van der Waals surface area contributed by atoms with Crippen molar-refractivity contribution in [1.82, 2.24) is 25.1 Å². The summed E-state index contributed by atoms with van der Waals surface area (Å²) in [6.45, 7) is 4.45. The van der Waals surface area contributed by atoms with E-state index in [0.717, 1.165) is 60.0 Å². The van der Waals surface area contributed by atoms with Gasteiger partial charge in [-0.2, -0.15) is 10.1 Å². The van der Waals surface area contributed by atoms with Gasteiger partial charge >= 0.3 is 0 Å². The zero-order chi connectivity index (χ0) is 21.4. The molecule has 0 saturated heterocycles. The highest BCUT2D eigenvalue weighted by molar-refractivity contribution is 5.86. The number of rotatable bonds is 10. The topological polar surface area (TPSA) is 103 Å². The van der Waals surface area contributed by atoms with Gasteiger partial charge in [-0.15, -0.1) is 0 Å². The Balaban J connectivity index is 1.40. The van der Waals surface area contributed by atoms with Gasteiger partial charge in [-0.05, 0) is 49.3 Å². The first-order chi connectivity index (χ1) is 15.1. The van der Waals surface area contributed by atoms with Crippen LogP contribution in [-0.4, -0.2) is 38.9 Å². The van der Waals surface area contributed by atoms with Crippen LogP contribution in [0.15, 0.2) is 24.4 Å². The lowest BCUT2D eigenvalue weighted by Crippen LogP contribution is -2.66. The monoisotopic (exact) mass is 421 g/mol. The molecule has 1 aromatic carbocycles. The van der Waals surface area contributed by atoms with Gasteiger partial charge in [0.1, 0.15) is 16.8 Å². The summed E-state index contributed by atoms with van der Waals surface area (Å²) in [5, 5.41) is 11.8. The van der Waals surface area contributed by atoms with Gasteiger partial charge in [-0.1, -0.05) is 19.4 Å². The number of nitrogens with two attached hydrogens (primary N) is 1. The van der Waals surface area contributed by atoms with Gasteiger partial charge in [-0.25, -0.2) is 4.98 Å². The number of anilines is 2. The fourth-order valence-electron chi connectivity index (χ4n) is 4.85. The van der Waals surface area contributed by atoms with Crippen LogP contribution in [-0.2, 0) is 13.1 Å². The minimum atomic E-state index is 0.255. The second kappa shape index (κ2) is 8.00. The lowest BCUT2D eigenvalue weighted by molar-refractivity contribution is -0.0520. The molecular weight excluding hydrogens is 390 g/mol. The van der Waals surface area contributed by atoms with E-state index < -0.39 is 0 Å². The number of nitrogen functional groups attached to an aromatic ring is 1. The maximum Gasteiger partial charge on any atom is 0.222 e. The maximum atomic E-state index is 5.92. The molecule has 8 heteroatoms. The predicted molar refractivity (Wildman–Crippen MR) is 122 cm³/mol. The summed E-state index contributed by atoms with van der Waals surface area (Å²) < 4.78 is 7.58. The van der Waals surface area contributed by atoms with E-state index in [-0.39, 0.29) is 5.95 Å². The first kappa shape index (κ1) is 20.1. The number of methoxy groups -OCH3 is 1. The van der Waals surface area contributed by atoms with Crippen molar-refractivity contribution in [2.75, 3.05) is 24.7 Å². The Morgan fingerprint density at radius 1 is 1.26 bits per heavy atom. The molecule has 3 aliphatic carbocycles. The molecule has 0 amide bonds. The van der Waals surface area contributed by atoms with Gasteiger partial charge in [0.2, 0.25) is 5.95 Å². The van der Waals surface area contributed by atoms with Gasteiger partial charge in [0.15, 0.2) is 5.82 Å². The van der Waals surface area contributed by atoms with Crippen LogP contribution in [0.3, 0.4) is 0 Å². The molecule has 31 heavy (non-hydrogen) atoms. The number of aromatic nitrogens is 4. The van der Waals surface area contributed by atoms with Gasteiger partial charge in [0.05, 0.1) is 19.9 Å². The minimum Gasteiger partial charge on any atom is -0.496 e. The fourth-order valence-corrected chi connectivity index (χ4v) is 4.85. The summed E-state index contributed by atoms with van der Waals surface area (Å²) in [6, 6.07) is 6.41. The molecule has 3 aliphatic rings. The van der Waals surface area contributed by atoms with E-state index in [0.29, 0.717) is 12.1 Å². The third-order valence-corrected chi connectivity index (χ3v) is 6.70. The van der Waals surface area contributed by atoms with E-state index in [9.17, 15) is 0 Å². The molecule has 8 nitrogen and oxygen atoms in total.